The smallest absolute Gasteiger partial charge is 0.267 e. The van der Waals surface area contributed by atoms with Crippen LogP contribution in [-0.2, 0) is 0 Å². The van der Waals surface area contributed by atoms with E-state index in [-0.39, 0.29) is 17.1 Å². The number of carbonyl (C=O) groups is 1. The summed E-state index contributed by atoms with van der Waals surface area (Å²) in [6, 6.07) is 20.2. The summed E-state index contributed by atoms with van der Waals surface area (Å²) in [5.74, 6) is 0.232. The van der Waals surface area contributed by atoms with Crippen molar-refractivity contribution < 1.29 is 4.79 Å². The van der Waals surface area contributed by atoms with E-state index >= 15 is 0 Å². The lowest BCUT2D eigenvalue weighted by atomic mass is 10.2. The predicted octanol–water partition coefficient (Wildman–Crippen LogP) is 4.42. The molecule has 0 saturated carbocycles. The van der Waals surface area contributed by atoms with Crippen LogP contribution in [0, 0.1) is 0 Å². The topological polar surface area (TPSA) is 52.0 Å². The second kappa shape index (κ2) is 7.27. The van der Waals surface area contributed by atoms with E-state index in [2.05, 4.69) is 4.98 Å². The molecule has 2 heterocycles. The number of aromatic nitrogens is 2. The monoisotopic (exact) mass is 378 g/mol. The Morgan fingerprint density at radius 1 is 1.00 bits per heavy atom. The standard InChI is InChI=1S/C20H14N2O2S2/c23-17(14-7-2-1-3-8-14)13-26-20-21-16-10-5-4-9-15(16)19(24)22(20)18-11-6-12-25-18/h1-12H,13H2. The number of thiophene rings is 1. The summed E-state index contributed by atoms with van der Waals surface area (Å²) in [4.78, 5) is 30.1. The maximum absolute atomic E-state index is 13.0. The molecule has 0 N–H and O–H groups in total. The SMILES string of the molecule is O=C(CSc1nc2ccccc2c(=O)n1-c1cccs1)c1ccccc1. The molecule has 0 aliphatic heterocycles. The number of Topliss-reactive ketones (excluding diaryl/α,β-unsaturated/α-hetero) is 1. The van der Waals surface area contributed by atoms with Crippen LogP contribution in [0.1, 0.15) is 10.4 Å². The summed E-state index contributed by atoms with van der Waals surface area (Å²) < 4.78 is 1.59. The Morgan fingerprint density at radius 2 is 1.77 bits per heavy atom. The van der Waals surface area contributed by atoms with Crippen molar-refractivity contribution >= 4 is 39.8 Å². The van der Waals surface area contributed by atoms with Gasteiger partial charge in [0.15, 0.2) is 10.9 Å². The van der Waals surface area contributed by atoms with Crippen LogP contribution in [-0.4, -0.2) is 21.1 Å². The van der Waals surface area contributed by atoms with Gasteiger partial charge in [-0.2, -0.15) is 0 Å². The van der Waals surface area contributed by atoms with Gasteiger partial charge in [0.25, 0.3) is 5.56 Å². The van der Waals surface area contributed by atoms with Crippen molar-refractivity contribution in [3.8, 4) is 5.00 Å². The molecule has 0 saturated heterocycles. The van der Waals surface area contributed by atoms with E-state index < -0.39 is 0 Å². The molecular formula is C20H14N2O2S2. The average molecular weight is 378 g/mol. The Bertz CT molecular complexity index is 1120. The minimum absolute atomic E-state index is 0.00994. The summed E-state index contributed by atoms with van der Waals surface area (Å²) >= 11 is 2.75. The van der Waals surface area contributed by atoms with Gasteiger partial charge in [-0.05, 0) is 29.6 Å². The fourth-order valence-corrected chi connectivity index (χ4v) is 4.32. The molecule has 128 valence electrons. The molecule has 2 aromatic heterocycles. The number of fused-ring (bicyclic) bond motifs is 1. The van der Waals surface area contributed by atoms with Crippen LogP contribution >= 0.6 is 23.1 Å². The average Bonchev–Trinajstić information content (AvgIpc) is 3.21. The Balaban J connectivity index is 1.75. The highest BCUT2D eigenvalue weighted by atomic mass is 32.2. The molecule has 2 aromatic carbocycles. The van der Waals surface area contributed by atoms with Crippen LogP contribution in [0.25, 0.3) is 15.9 Å². The van der Waals surface area contributed by atoms with Crippen LogP contribution in [0.5, 0.6) is 0 Å². The zero-order chi connectivity index (χ0) is 17.9. The van der Waals surface area contributed by atoms with Gasteiger partial charge in [-0.25, -0.2) is 9.55 Å². The lowest BCUT2D eigenvalue weighted by molar-refractivity contribution is 0.102. The van der Waals surface area contributed by atoms with Crippen LogP contribution in [0.15, 0.2) is 82.1 Å². The summed E-state index contributed by atoms with van der Waals surface area (Å²) in [6.07, 6.45) is 0. The summed E-state index contributed by atoms with van der Waals surface area (Å²) in [7, 11) is 0. The molecule has 0 bridgehead atoms. The second-order valence-electron chi connectivity index (χ2n) is 5.58. The van der Waals surface area contributed by atoms with Gasteiger partial charge in [0.1, 0.15) is 5.00 Å². The number of thioether (sulfide) groups is 1. The number of nitrogens with zero attached hydrogens (tertiary/aromatic N) is 2. The molecule has 0 aliphatic carbocycles. The zero-order valence-electron chi connectivity index (χ0n) is 13.7. The van der Waals surface area contributed by atoms with Crippen molar-refractivity contribution in [1.29, 1.82) is 0 Å². The first-order chi connectivity index (χ1) is 12.7. The van der Waals surface area contributed by atoms with E-state index in [1.54, 1.807) is 22.8 Å². The molecule has 0 radical (unpaired) electrons. The van der Waals surface area contributed by atoms with Gasteiger partial charge in [-0.3, -0.25) is 9.59 Å². The molecule has 0 unspecified atom stereocenters. The zero-order valence-corrected chi connectivity index (χ0v) is 15.3. The van der Waals surface area contributed by atoms with Crippen LogP contribution in [0.2, 0.25) is 0 Å². The molecule has 26 heavy (non-hydrogen) atoms. The van der Waals surface area contributed by atoms with E-state index in [9.17, 15) is 9.59 Å². The lowest BCUT2D eigenvalue weighted by Crippen LogP contribution is -2.21. The van der Waals surface area contributed by atoms with Gasteiger partial charge in [0.05, 0.1) is 16.7 Å². The Kier molecular flexibility index (Phi) is 4.69. The number of rotatable bonds is 5. The first-order valence-electron chi connectivity index (χ1n) is 8.01. The van der Waals surface area contributed by atoms with Crippen molar-refractivity contribution in [2.45, 2.75) is 5.16 Å². The number of carbonyl (C=O) groups excluding carboxylic acids is 1. The van der Waals surface area contributed by atoms with E-state index in [0.29, 0.717) is 21.6 Å². The lowest BCUT2D eigenvalue weighted by Gasteiger charge is -2.11. The van der Waals surface area contributed by atoms with Gasteiger partial charge in [-0.1, -0.05) is 54.2 Å². The Morgan fingerprint density at radius 3 is 2.54 bits per heavy atom. The normalized spacial score (nSPS) is 10.9. The van der Waals surface area contributed by atoms with Crippen LogP contribution in [0.3, 0.4) is 0 Å². The number of para-hydroxylation sites is 1. The number of hydrogen-bond donors (Lipinski definition) is 0. The molecule has 0 fully saturated rings. The molecule has 4 nitrogen and oxygen atoms in total. The van der Waals surface area contributed by atoms with Crippen molar-refractivity contribution in [1.82, 2.24) is 9.55 Å². The number of benzene rings is 2. The van der Waals surface area contributed by atoms with Gasteiger partial charge >= 0.3 is 0 Å². The molecule has 0 spiro atoms. The van der Waals surface area contributed by atoms with E-state index in [1.807, 2.05) is 53.9 Å². The van der Waals surface area contributed by atoms with Gasteiger partial charge in [-0.15, -0.1) is 11.3 Å². The van der Waals surface area contributed by atoms with E-state index in [0.717, 1.165) is 5.00 Å². The van der Waals surface area contributed by atoms with Crippen molar-refractivity contribution in [2.75, 3.05) is 5.75 Å². The number of hydrogen-bond acceptors (Lipinski definition) is 5. The maximum atomic E-state index is 13.0. The quantitative estimate of drug-likeness (QED) is 0.293. The molecular weight excluding hydrogens is 364 g/mol. The Labute approximate surface area is 158 Å². The van der Waals surface area contributed by atoms with Crippen LogP contribution in [0.4, 0.5) is 0 Å². The van der Waals surface area contributed by atoms with Crippen molar-refractivity contribution in [3.05, 3.63) is 88.0 Å². The minimum Gasteiger partial charge on any atom is -0.293 e. The minimum atomic E-state index is -0.118. The largest absolute Gasteiger partial charge is 0.293 e. The van der Waals surface area contributed by atoms with E-state index in [1.165, 1.54) is 23.1 Å². The summed E-state index contributed by atoms with van der Waals surface area (Å²) in [5, 5.41) is 3.81. The molecule has 0 amide bonds. The highest BCUT2D eigenvalue weighted by molar-refractivity contribution is 7.99. The highest BCUT2D eigenvalue weighted by Gasteiger charge is 2.15. The third-order valence-electron chi connectivity index (χ3n) is 3.90. The van der Waals surface area contributed by atoms with Gasteiger partial charge < -0.3 is 0 Å². The third-order valence-corrected chi connectivity index (χ3v) is 5.69. The molecule has 4 rings (SSSR count). The number of ketones is 1. The first kappa shape index (κ1) is 16.8. The third kappa shape index (κ3) is 3.21. The molecule has 6 heteroatoms. The molecule has 0 atom stereocenters. The predicted molar refractivity (Wildman–Crippen MR) is 107 cm³/mol. The Hall–Kier alpha value is -2.70. The van der Waals surface area contributed by atoms with Crippen molar-refractivity contribution in [2.24, 2.45) is 0 Å². The highest BCUT2D eigenvalue weighted by Crippen LogP contribution is 2.24. The first-order valence-corrected chi connectivity index (χ1v) is 9.87. The van der Waals surface area contributed by atoms with Gasteiger partial charge in [0.2, 0.25) is 0 Å². The summed E-state index contributed by atoms with van der Waals surface area (Å²) in [5.41, 5.74) is 1.18. The summed E-state index contributed by atoms with van der Waals surface area (Å²) in [6.45, 7) is 0. The fourth-order valence-electron chi connectivity index (χ4n) is 2.64. The van der Waals surface area contributed by atoms with Gasteiger partial charge in [0, 0.05) is 5.56 Å². The van der Waals surface area contributed by atoms with E-state index in [4.69, 9.17) is 0 Å². The fraction of sp³-hybridized carbons (Fsp3) is 0.0500. The van der Waals surface area contributed by atoms with Crippen molar-refractivity contribution in [3.63, 3.8) is 0 Å². The maximum Gasteiger partial charge on any atom is 0.267 e. The molecule has 0 aliphatic rings. The second-order valence-corrected chi connectivity index (χ2v) is 7.45. The molecule has 4 aromatic rings. The van der Waals surface area contributed by atoms with Crippen LogP contribution < -0.4 is 5.56 Å².